The third-order valence-electron chi connectivity index (χ3n) is 7.45. The topological polar surface area (TPSA) is 24.9 Å². The lowest BCUT2D eigenvalue weighted by atomic mass is 9.88. The smallest absolute Gasteiger partial charge is 0.334 e. The Morgan fingerprint density at radius 3 is 2.22 bits per heavy atom. The zero-order valence-electron chi connectivity index (χ0n) is 21.8. The van der Waals surface area contributed by atoms with Crippen LogP contribution in [-0.2, 0) is 8.85 Å². The van der Waals surface area contributed by atoms with Crippen molar-refractivity contribution in [1.82, 2.24) is 4.90 Å². The van der Waals surface area contributed by atoms with Crippen LogP contribution in [-0.4, -0.2) is 46.9 Å². The van der Waals surface area contributed by atoms with Crippen LogP contribution in [0.4, 0.5) is 5.69 Å². The van der Waals surface area contributed by atoms with E-state index in [2.05, 4.69) is 76.1 Å². The van der Waals surface area contributed by atoms with Gasteiger partial charge in [0, 0.05) is 44.1 Å². The van der Waals surface area contributed by atoms with Crippen LogP contribution in [0.25, 0.3) is 0 Å². The summed E-state index contributed by atoms with van der Waals surface area (Å²) in [5, 5.41) is 0. The maximum Gasteiger partial charge on any atom is 0.334 e. The van der Waals surface area contributed by atoms with Crippen molar-refractivity contribution in [2.75, 3.05) is 32.3 Å². The van der Waals surface area contributed by atoms with Gasteiger partial charge < -0.3 is 18.7 Å². The summed E-state index contributed by atoms with van der Waals surface area (Å²) in [6, 6.07) is 6.21. The number of rotatable bonds is 8. The van der Waals surface area contributed by atoms with E-state index in [1.165, 1.54) is 39.9 Å². The molecule has 0 aromatic heterocycles. The molecule has 1 unspecified atom stereocenters. The lowest BCUT2D eigenvalue weighted by molar-refractivity contribution is 0.242. The van der Waals surface area contributed by atoms with Gasteiger partial charge in [0.25, 0.3) is 0 Å². The van der Waals surface area contributed by atoms with Crippen LogP contribution in [0, 0.1) is 26.7 Å². The molecule has 3 rings (SSSR count). The Morgan fingerprint density at radius 1 is 1.03 bits per heavy atom. The van der Waals surface area contributed by atoms with E-state index < -0.39 is 8.56 Å². The van der Waals surface area contributed by atoms with E-state index >= 15 is 0 Å². The Hall–Kier alpha value is -1.56. The standard InChI is InChI=1S/C27H44N2O2Si/c1-19-13-21(3)26(22(4)14-19)28-17-25(11-10-12-32(9,30-7)31-8)29(18-28)27-23(5)15-20(2)16-24(27)6/h13-15,24-25H,10-12,16-18H2,1-9H3/t24-,25?/m1/s1. The van der Waals surface area contributed by atoms with E-state index in [0.717, 1.165) is 32.1 Å². The maximum atomic E-state index is 5.75. The van der Waals surface area contributed by atoms with Crippen LogP contribution in [0.15, 0.2) is 35.1 Å². The zero-order chi connectivity index (χ0) is 23.6. The lowest BCUT2D eigenvalue weighted by Gasteiger charge is -2.36. The number of anilines is 1. The molecule has 0 saturated carbocycles. The summed E-state index contributed by atoms with van der Waals surface area (Å²) >= 11 is 0. The molecule has 0 N–H and O–H groups in total. The molecule has 2 aliphatic rings. The van der Waals surface area contributed by atoms with Crippen molar-refractivity contribution in [1.29, 1.82) is 0 Å². The molecule has 1 aliphatic carbocycles. The molecule has 4 nitrogen and oxygen atoms in total. The average Bonchev–Trinajstić information content (AvgIpc) is 3.09. The molecule has 2 atom stereocenters. The fraction of sp³-hybridized carbons (Fsp3) is 0.630. The molecular formula is C27H44N2O2Si. The minimum absolute atomic E-state index is 0.515. The first kappa shape index (κ1) is 25.1. The molecule has 0 radical (unpaired) electrons. The summed E-state index contributed by atoms with van der Waals surface area (Å²) in [5.41, 5.74) is 10.0. The molecule has 0 bridgehead atoms. The van der Waals surface area contributed by atoms with Gasteiger partial charge in [-0.1, -0.05) is 36.3 Å². The van der Waals surface area contributed by atoms with E-state index in [1.54, 1.807) is 19.9 Å². The molecule has 1 heterocycles. The van der Waals surface area contributed by atoms with Crippen LogP contribution < -0.4 is 4.90 Å². The first-order chi connectivity index (χ1) is 15.1. The predicted octanol–water partition coefficient (Wildman–Crippen LogP) is 6.47. The average molecular weight is 457 g/mol. The van der Waals surface area contributed by atoms with Crippen LogP contribution in [0.3, 0.4) is 0 Å². The Labute approximate surface area is 197 Å². The summed E-state index contributed by atoms with van der Waals surface area (Å²) in [6.45, 7) is 17.9. The van der Waals surface area contributed by atoms with Crippen LogP contribution in [0.1, 0.15) is 56.7 Å². The molecule has 178 valence electrons. The predicted molar refractivity (Wildman–Crippen MR) is 138 cm³/mol. The second kappa shape index (κ2) is 10.1. The van der Waals surface area contributed by atoms with E-state index in [1.807, 2.05) is 0 Å². The molecule has 1 aromatic carbocycles. The summed E-state index contributed by atoms with van der Waals surface area (Å²) in [6.07, 6.45) is 5.87. The molecule has 1 aliphatic heterocycles. The number of nitrogens with zero attached hydrogens (tertiary/aromatic N) is 2. The molecule has 5 heteroatoms. The highest BCUT2D eigenvalue weighted by Gasteiger charge is 2.37. The second-order valence-electron chi connectivity index (χ2n) is 10.3. The third kappa shape index (κ3) is 5.32. The van der Waals surface area contributed by atoms with Crippen molar-refractivity contribution in [2.45, 2.75) is 79.4 Å². The Kier molecular flexibility index (Phi) is 7.95. The first-order valence-electron chi connectivity index (χ1n) is 12.2. The molecular weight excluding hydrogens is 412 g/mol. The van der Waals surface area contributed by atoms with Gasteiger partial charge in [0.15, 0.2) is 0 Å². The van der Waals surface area contributed by atoms with Gasteiger partial charge in [-0.15, -0.1) is 0 Å². The fourth-order valence-electron chi connectivity index (χ4n) is 5.99. The molecule has 32 heavy (non-hydrogen) atoms. The van der Waals surface area contributed by atoms with Crippen LogP contribution in [0.2, 0.25) is 12.6 Å². The highest BCUT2D eigenvalue weighted by atomic mass is 28.4. The fourth-order valence-corrected chi connectivity index (χ4v) is 7.41. The Bertz CT molecular complexity index is 865. The zero-order valence-corrected chi connectivity index (χ0v) is 22.8. The van der Waals surface area contributed by atoms with Crippen molar-refractivity contribution < 1.29 is 8.85 Å². The highest BCUT2D eigenvalue weighted by molar-refractivity contribution is 6.65. The highest BCUT2D eigenvalue weighted by Crippen LogP contribution is 2.38. The number of hydrogen-bond acceptors (Lipinski definition) is 4. The summed E-state index contributed by atoms with van der Waals surface area (Å²) in [4.78, 5) is 5.34. The molecule has 1 saturated heterocycles. The van der Waals surface area contributed by atoms with Gasteiger partial charge in [0.1, 0.15) is 0 Å². The second-order valence-corrected chi connectivity index (χ2v) is 13.9. The normalized spacial score (nSPS) is 22.1. The molecule has 0 spiro atoms. The molecule has 1 fully saturated rings. The molecule has 1 aromatic rings. The van der Waals surface area contributed by atoms with Gasteiger partial charge in [0.2, 0.25) is 0 Å². The Balaban J connectivity index is 1.89. The van der Waals surface area contributed by atoms with Gasteiger partial charge >= 0.3 is 8.56 Å². The quantitative estimate of drug-likeness (QED) is 0.419. The lowest BCUT2D eigenvalue weighted by Crippen LogP contribution is -2.37. The SMILES string of the molecule is CO[Si](C)(CCCC1CN(c2c(C)cc(C)cc2C)CN1C1=C(C)C=C(C)C[C@H]1C)OC. The van der Waals surface area contributed by atoms with E-state index in [0.29, 0.717) is 12.0 Å². The third-order valence-corrected chi connectivity index (χ3v) is 10.4. The van der Waals surface area contributed by atoms with Crippen molar-refractivity contribution in [3.8, 4) is 0 Å². The number of allylic oxidation sites excluding steroid dienone is 4. The number of hydrogen-bond donors (Lipinski definition) is 0. The monoisotopic (exact) mass is 456 g/mol. The summed E-state index contributed by atoms with van der Waals surface area (Å²) in [5.74, 6) is 0.570. The van der Waals surface area contributed by atoms with Gasteiger partial charge in [0.05, 0.1) is 6.67 Å². The van der Waals surface area contributed by atoms with Gasteiger partial charge in [-0.2, -0.15) is 0 Å². The van der Waals surface area contributed by atoms with Crippen molar-refractivity contribution in [3.63, 3.8) is 0 Å². The first-order valence-corrected chi connectivity index (χ1v) is 14.7. The minimum Gasteiger partial charge on any atom is -0.398 e. The van der Waals surface area contributed by atoms with E-state index in [-0.39, 0.29) is 0 Å². The van der Waals surface area contributed by atoms with E-state index in [4.69, 9.17) is 8.85 Å². The summed E-state index contributed by atoms with van der Waals surface area (Å²) < 4.78 is 11.5. The van der Waals surface area contributed by atoms with E-state index in [9.17, 15) is 0 Å². The number of benzene rings is 1. The molecule has 0 amide bonds. The summed E-state index contributed by atoms with van der Waals surface area (Å²) in [7, 11) is 1.58. The van der Waals surface area contributed by atoms with Crippen molar-refractivity contribution in [3.05, 3.63) is 51.7 Å². The van der Waals surface area contributed by atoms with Gasteiger partial charge in [-0.3, -0.25) is 0 Å². The minimum atomic E-state index is -2.03. The van der Waals surface area contributed by atoms with Crippen molar-refractivity contribution >= 4 is 14.2 Å². The van der Waals surface area contributed by atoms with Crippen LogP contribution in [0.5, 0.6) is 0 Å². The maximum absolute atomic E-state index is 5.75. The van der Waals surface area contributed by atoms with Gasteiger partial charge in [-0.05, 0) is 83.2 Å². The van der Waals surface area contributed by atoms with Crippen molar-refractivity contribution in [2.24, 2.45) is 5.92 Å². The largest absolute Gasteiger partial charge is 0.398 e. The number of aryl methyl sites for hydroxylation is 3. The van der Waals surface area contributed by atoms with Gasteiger partial charge in [-0.25, -0.2) is 0 Å². The van der Waals surface area contributed by atoms with Crippen LogP contribution >= 0.6 is 0 Å². The Morgan fingerprint density at radius 2 is 1.66 bits per heavy atom.